The lowest BCUT2D eigenvalue weighted by molar-refractivity contribution is -0.127. The van der Waals surface area contributed by atoms with Crippen molar-refractivity contribution in [1.82, 2.24) is 15.1 Å². The fraction of sp³-hybridized carbons (Fsp3) is 0.900. The van der Waals surface area contributed by atoms with Gasteiger partial charge in [-0.1, -0.05) is 19.3 Å². The van der Waals surface area contributed by atoms with Crippen LogP contribution in [0.25, 0.3) is 0 Å². The third kappa shape index (κ3) is 3.71. The molecule has 0 aromatic rings. The van der Waals surface area contributed by atoms with E-state index >= 15 is 0 Å². The molecule has 4 atom stereocenters. The molecule has 0 radical (unpaired) electrons. The summed E-state index contributed by atoms with van der Waals surface area (Å²) in [6.07, 6.45) is 10.1. The standard InChI is InChI=1S/C20H34N4O2/c1-23(2)19(25)11-22-20(21-10-14-6-4-3-5-7-14)24-12-15-16(13-24)18-9-8-17(15)26-18/h14-18H,3-13H2,1-2H3,(H,21,22). The van der Waals surface area contributed by atoms with Gasteiger partial charge in [0.2, 0.25) is 5.91 Å². The molecule has 26 heavy (non-hydrogen) atoms. The summed E-state index contributed by atoms with van der Waals surface area (Å²) in [5.41, 5.74) is 0. The number of rotatable bonds is 4. The summed E-state index contributed by atoms with van der Waals surface area (Å²) >= 11 is 0. The van der Waals surface area contributed by atoms with Crippen LogP contribution in [0.1, 0.15) is 44.9 Å². The van der Waals surface area contributed by atoms with Crippen LogP contribution < -0.4 is 5.32 Å². The molecule has 3 saturated heterocycles. The second kappa shape index (κ2) is 7.75. The van der Waals surface area contributed by atoms with Crippen LogP contribution in [0.4, 0.5) is 0 Å². The van der Waals surface area contributed by atoms with Gasteiger partial charge in [-0.05, 0) is 31.6 Å². The van der Waals surface area contributed by atoms with Crippen LogP contribution in [-0.2, 0) is 9.53 Å². The average Bonchev–Trinajstić information content (AvgIpc) is 3.35. The SMILES string of the molecule is CN(C)C(=O)CN=C(NCC1CCCCC1)N1CC2C3CCC(O3)C2C1. The number of nitrogens with one attached hydrogen (secondary N) is 1. The molecule has 6 nitrogen and oxygen atoms in total. The van der Waals surface area contributed by atoms with Crippen molar-refractivity contribution < 1.29 is 9.53 Å². The minimum atomic E-state index is 0.0600. The molecule has 0 aromatic carbocycles. The first-order valence-corrected chi connectivity index (χ1v) is 10.5. The largest absolute Gasteiger partial charge is 0.374 e. The highest BCUT2D eigenvalue weighted by atomic mass is 16.5. The zero-order chi connectivity index (χ0) is 18.1. The van der Waals surface area contributed by atoms with Gasteiger partial charge in [-0.2, -0.15) is 0 Å². The fourth-order valence-corrected chi connectivity index (χ4v) is 5.31. The summed E-state index contributed by atoms with van der Waals surface area (Å²) in [6, 6.07) is 0. The Morgan fingerprint density at radius 2 is 1.73 bits per heavy atom. The van der Waals surface area contributed by atoms with E-state index in [1.165, 1.54) is 44.9 Å². The van der Waals surface area contributed by atoms with Gasteiger partial charge in [-0.3, -0.25) is 4.79 Å². The van der Waals surface area contributed by atoms with E-state index in [4.69, 9.17) is 9.73 Å². The number of likely N-dealkylation sites (N-methyl/N-ethyl adjacent to an activating group) is 1. The van der Waals surface area contributed by atoms with Gasteiger partial charge in [0, 0.05) is 45.6 Å². The summed E-state index contributed by atoms with van der Waals surface area (Å²) < 4.78 is 6.10. The number of guanidine groups is 1. The van der Waals surface area contributed by atoms with E-state index in [9.17, 15) is 4.79 Å². The number of carbonyl (C=O) groups excluding carboxylic acids is 1. The smallest absolute Gasteiger partial charge is 0.243 e. The van der Waals surface area contributed by atoms with Crippen molar-refractivity contribution >= 4 is 11.9 Å². The van der Waals surface area contributed by atoms with E-state index in [0.717, 1.165) is 31.5 Å². The summed E-state index contributed by atoms with van der Waals surface area (Å²) in [5, 5.41) is 3.63. The van der Waals surface area contributed by atoms with Crippen molar-refractivity contribution in [3.63, 3.8) is 0 Å². The van der Waals surface area contributed by atoms with Crippen LogP contribution in [0.5, 0.6) is 0 Å². The Labute approximate surface area is 157 Å². The van der Waals surface area contributed by atoms with Gasteiger partial charge < -0.3 is 19.9 Å². The zero-order valence-corrected chi connectivity index (χ0v) is 16.3. The van der Waals surface area contributed by atoms with E-state index < -0.39 is 0 Å². The predicted octanol–water partition coefficient (Wildman–Crippen LogP) is 1.71. The van der Waals surface area contributed by atoms with Crippen molar-refractivity contribution in [2.24, 2.45) is 22.7 Å². The number of fused-ring (bicyclic) bond motifs is 5. The molecule has 1 N–H and O–H groups in total. The quantitative estimate of drug-likeness (QED) is 0.611. The zero-order valence-electron chi connectivity index (χ0n) is 16.3. The minimum Gasteiger partial charge on any atom is -0.374 e. The topological polar surface area (TPSA) is 57.2 Å². The molecule has 4 rings (SSSR count). The molecule has 6 heteroatoms. The molecule has 1 aliphatic carbocycles. The summed E-state index contributed by atoms with van der Waals surface area (Å²) in [5.74, 6) is 3.06. The molecule has 1 saturated carbocycles. The van der Waals surface area contributed by atoms with Crippen LogP contribution in [0.3, 0.4) is 0 Å². The van der Waals surface area contributed by atoms with E-state index in [2.05, 4.69) is 10.2 Å². The van der Waals surface area contributed by atoms with Crippen LogP contribution in [0, 0.1) is 17.8 Å². The fourth-order valence-electron chi connectivity index (χ4n) is 5.31. The van der Waals surface area contributed by atoms with Gasteiger partial charge >= 0.3 is 0 Å². The van der Waals surface area contributed by atoms with Gasteiger partial charge in [0.05, 0.1) is 12.2 Å². The van der Waals surface area contributed by atoms with Crippen LogP contribution in [0.15, 0.2) is 4.99 Å². The molecule has 4 aliphatic rings. The maximum absolute atomic E-state index is 12.0. The van der Waals surface area contributed by atoms with Gasteiger partial charge in [-0.15, -0.1) is 0 Å². The molecule has 0 aromatic heterocycles. The molecular weight excluding hydrogens is 328 g/mol. The molecule has 0 spiro atoms. The first-order chi connectivity index (χ1) is 12.6. The maximum atomic E-state index is 12.0. The number of nitrogens with zero attached hydrogens (tertiary/aromatic N) is 3. The Bertz CT molecular complexity index is 526. The molecule has 4 unspecified atom stereocenters. The third-order valence-corrected chi connectivity index (χ3v) is 6.89. The highest BCUT2D eigenvalue weighted by molar-refractivity contribution is 5.85. The Morgan fingerprint density at radius 3 is 2.35 bits per heavy atom. The van der Waals surface area contributed by atoms with Gasteiger partial charge in [0.15, 0.2) is 5.96 Å². The van der Waals surface area contributed by atoms with Crippen LogP contribution in [0.2, 0.25) is 0 Å². The number of amides is 1. The van der Waals surface area contributed by atoms with Crippen LogP contribution in [-0.4, -0.2) is 74.1 Å². The van der Waals surface area contributed by atoms with Crippen molar-refractivity contribution in [3.05, 3.63) is 0 Å². The third-order valence-electron chi connectivity index (χ3n) is 6.89. The van der Waals surface area contributed by atoms with Gasteiger partial charge in [0.25, 0.3) is 0 Å². The number of aliphatic imine (C=N–C) groups is 1. The summed E-state index contributed by atoms with van der Waals surface area (Å²) in [7, 11) is 3.59. The van der Waals surface area contributed by atoms with Gasteiger partial charge in [-0.25, -0.2) is 4.99 Å². The average molecular weight is 363 g/mol. The number of hydrogen-bond acceptors (Lipinski definition) is 3. The van der Waals surface area contributed by atoms with E-state index in [-0.39, 0.29) is 12.5 Å². The maximum Gasteiger partial charge on any atom is 0.243 e. The lowest BCUT2D eigenvalue weighted by atomic mass is 9.82. The highest BCUT2D eigenvalue weighted by Crippen LogP contribution is 2.47. The first-order valence-electron chi connectivity index (χ1n) is 10.5. The number of likely N-dealkylation sites (tertiary alicyclic amines) is 1. The minimum absolute atomic E-state index is 0.0600. The highest BCUT2D eigenvalue weighted by Gasteiger charge is 2.53. The summed E-state index contributed by atoms with van der Waals surface area (Å²) in [4.78, 5) is 20.8. The second-order valence-corrected chi connectivity index (χ2v) is 8.84. The number of hydrogen-bond donors (Lipinski definition) is 1. The molecule has 146 valence electrons. The van der Waals surface area contributed by atoms with E-state index in [0.29, 0.717) is 24.0 Å². The Morgan fingerprint density at radius 1 is 1.08 bits per heavy atom. The Balaban J connectivity index is 1.40. The predicted molar refractivity (Wildman–Crippen MR) is 102 cm³/mol. The van der Waals surface area contributed by atoms with Crippen molar-refractivity contribution in [2.45, 2.75) is 57.2 Å². The molecule has 1 amide bonds. The second-order valence-electron chi connectivity index (χ2n) is 8.84. The van der Waals surface area contributed by atoms with Gasteiger partial charge in [0.1, 0.15) is 6.54 Å². The Hall–Kier alpha value is -1.30. The van der Waals surface area contributed by atoms with Crippen molar-refractivity contribution in [1.29, 1.82) is 0 Å². The molecule has 3 heterocycles. The Kier molecular flexibility index (Phi) is 5.39. The number of carbonyl (C=O) groups is 1. The molecular formula is C20H34N4O2. The monoisotopic (exact) mass is 362 g/mol. The normalized spacial score (nSPS) is 34.2. The lowest BCUT2D eigenvalue weighted by Crippen LogP contribution is -2.44. The first kappa shape index (κ1) is 18.1. The van der Waals surface area contributed by atoms with Crippen LogP contribution >= 0.6 is 0 Å². The lowest BCUT2D eigenvalue weighted by Gasteiger charge is -2.27. The molecule has 3 aliphatic heterocycles. The molecule has 4 fully saturated rings. The molecule has 2 bridgehead atoms. The number of ether oxygens (including phenoxy) is 1. The van der Waals surface area contributed by atoms with Crippen molar-refractivity contribution in [2.75, 3.05) is 40.3 Å². The summed E-state index contributed by atoms with van der Waals surface area (Å²) in [6.45, 7) is 3.27. The van der Waals surface area contributed by atoms with Crippen molar-refractivity contribution in [3.8, 4) is 0 Å². The van der Waals surface area contributed by atoms with E-state index in [1.807, 2.05) is 0 Å². The van der Waals surface area contributed by atoms with E-state index in [1.54, 1.807) is 19.0 Å².